The van der Waals surface area contributed by atoms with E-state index in [2.05, 4.69) is 10.1 Å². The van der Waals surface area contributed by atoms with E-state index >= 15 is 0 Å². The highest BCUT2D eigenvalue weighted by Crippen LogP contribution is 2.22. The van der Waals surface area contributed by atoms with Gasteiger partial charge in [0.25, 0.3) is 5.91 Å². The minimum Gasteiger partial charge on any atom is -0.406 e. The van der Waals surface area contributed by atoms with Crippen molar-refractivity contribution in [3.63, 3.8) is 0 Å². The lowest BCUT2D eigenvalue weighted by Crippen LogP contribution is -2.19. The number of alkyl halides is 3. The van der Waals surface area contributed by atoms with Gasteiger partial charge in [-0.25, -0.2) is 0 Å². The third kappa shape index (κ3) is 5.79. The second-order valence-corrected chi connectivity index (χ2v) is 2.65. The molecule has 0 aliphatic rings. The normalized spacial score (nSPS) is 10.0. The zero-order valence-corrected chi connectivity index (χ0v) is 9.76. The van der Waals surface area contributed by atoms with Gasteiger partial charge < -0.3 is 10.1 Å². The Morgan fingerprint density at radius 1 is 1.18 bits per heavy atom. The monoisotopic (exact) mass is 249 g/mol. The van der Waals surface area contributed by atoms with E-state index in [4.69, 9.17) is 0 Å². The third-order valence-electron chi connectivity index (χ3n) is 1.58. The number of hydrogen-bond acceptors (Lipinski definition) is 2. The van der Waals surface area contributed by atoms with E-state index in [1.807, 2.05) is 13.8 Å². The van der Waals surface area contributed by atoms with Crippen molar-refractivity contribution >= 4 is 5.91 Å². The predicted octanol–water partition coefficient (Wildman–Crippen LogP) is 2.97. The molecule has 17 heavy (non-hydrogen) atoms. The van der Waals surface area contributed by atoms with Gasteiger partial charge in [0.15, 0.2) is 0 Å². The van der Waals surface area contributed by atoms with E-state index in [0.717, 1.165) is 12.1 Å². The van der Waals surface area contributed by atoms with Crippen molar-refractivity contribution < 1.29 is 22.7 Å². The Balaban J connectivity index is 0.00000121. The molecule has 0 aliphatic carbocycles. The number of amides is 1. The number of benzene rings is 1. The van der Waals surface area contributed by atoms with Gasteiger partial charge in [0.2, 0.25) is 0 Å². The molecule has 1 amide bonds. The Kier molecular flexibility index (Phi) is 6.09. The first-order valence-corrected chi connectivity index (χ1v) is 5.00. The van der Waals surface area contributed by atoms with Gasteiger partial charge in [-0.2, -0.15) is 0 Å². The molecule has 0 saturated heterocycles. The van der Waals surface area contributed by atoms with Crippen LogP contribution in [-0.4, -0.2) is 19.3 Å². The Hall–Kier alpha value is -1.72. The Labute approximate surface area is 97.6 Å². The quantitative estimate of drug-likeness (QED) is 0.875. The van der Waals surface area contributed by atoms with E-state index < -0.39 is 6.36 Å². The first kappa shape index (κ1) is 15.3. The number of hydrogen-bond donors (Lipinski definition) is 1. The fourth-order valence-corrected chi connectivity index (χ4v) is 0.952. The van der Waals surface area contributed by atoms with Gasteiger partial charge in [0, 0.05) is 12.6 Å². The molecule has 1 N–H and O–H groups in total. The van der Waals surface area contributed by atoms with Crippen molar-refractivity contribution in [2.24, 2.45) is 0 Å². The summed E-state index contributed by atoms with van der Waals surface area (Å²) >= 11 is 0. The van der Waals surface area contributed by atoms with Crippen molar-refractivity contribution in [1.82, 2.24) is 5.32 Å². The van der Waals surface area contributed by atoms with Crippen LogP contribution in [0.4, 0.5) is 13.2 Å². The van der Waals surface area contributed by atoms with Crippen LogP contribution in [0.2, 0.25) is 0 Å². The number of carbonyl (C=O) groups is 1. The largest absolute Gasteiger partial charge is 0.573 e. The van der Waals surface area contributed by atoms with Crippen LogP contribution in [0.3, 0.4) is 0 Å². The summed E-state index contributed by atoms with van der Waals surface area (Å²) in [7, 11) is 1.43. The van der Waals surface area contributed by atoms with Crippen LogP contribution in [0.25, 0.3) is 0 Å². The molecule has 1 rings (SSSR count). The maximum Gasteiger partial charge on any atom is 0.573 e. The van der Waals surface area contributed by atoms with Gasteiger partial charge in [0.1, 0.15) is 5.75 Å². The second-order valence-electron chi connectivity index (χ2n) is 2.65. The van der Waals surface area contributed by atoms with Gasteiger partial charge in [-0.15, -0.1) is 13.2 Å². The Morgan fingerprint density at radius 3 is 2.00 bits per heavy atom. The van der Waals surface area contributed by atoms with Crippen molar-refractivity contribution in [2.45, 2.75) is 20.2 Å². The molecule has 1 aromatic rings. The highest BCUT2D eigenvalue weighted by atomic mass is 19.4. The van der Waals surface area contributed by atoms with Crippen LogP contribution in [0.15, 0.2) is 24.3 Å². The Bertz CT molecular complexity index is 347. The minimum atomic E-state index is -4.71. The molecule has 3 nitrogen and oxygen atoms in total. The molecule has 6 heteroatoms. The molecule has 0 aliphatic heterocycles. The van der Waals surface area contributed by atoms with Crippen LogP contribution in [-0.2, 0) is 0 Å². The maximum atomic E-state index is 11.8. The van der Waals surface area contributed by atoms with Gasteiger partial charge in [0.05, 0.1) is 0 Å². The standard InChI is InChI=1S/C9H8F3NO2.C2H6/c1-13-8(14)6-2-4-7(5-3-6)15-9(10,11)12;1-2/h2-5H,1H3,(H,13,14);1-2H3. The molecule has 0 spiro atoms. The molecule has 96 valence electrons. The minimum absolute atomic E-state index is 0.270. The van der Waals surface area contributed by atoms with Crippen LogP contribution < -0.4 is 10.1 Å². The maximum absolute atomic E-state index is 11.8. The van der Waals surface area contributed by atoms with Crippen LogP contribution in [0.1, 0.15) is 24.2 Å². The molecule has 0 saturated carbocycles. The zero-order chi connectivity index (χ0) is 13.5. The van der Waals surface area contributed by atoms with E-state index in [-0.39, 0.29) is 17.2 Å². The van der Waals surface area contributed by atoms with E-state index in [9.17, 15) is 18.0 Å². The number of rotatable bonds is 2. The fourth-order valence-electron chi connectivity index (χ4n) is 0.952. The summed E-state index contributed by atoms with van der Waals surface area (Å²) in [4.78, 5) is 11.0. The van der Waals surface area contributed by atoms with E-state index in [0.29, 0.717) is 0 Å². The van der Waals surface area contributed by atoms with E-state index in [1.54, 1.807) is 0 Å². The summed E-state index contributed by atoms with van der Waals surface area (Å²) in [6.45, 7) is 4.00. The zero-order valence-electron chi connectivity index (χ0n) is 9.76. The number of ether oxygens (including phenoxy) is 1. The molecule has 0 fully saturated rings. The first-order chi connectivity index (χ1) is 7.92. The lowest BCUT2D eigenvalue weighted by molar-refractivity contribution is -0.274. The molecule has 0 bridgehead atoms. The summed E-state index contributed by atoms with van der Waals surface area (Å²) in [6.07, 6.45) is -4.71. The summed E-state index contributed by atoms with van der Waals surface area (Å²) < 4.78 is 38.9. The molecule has 0 unspecified atom stereocenters. The molecular weight excluding hydrogens is 235 g/mol. The second kappa shape index (κ2) is 6.78. The van der Waals surface area contributed by atoms with Gasteiger partial charge in [-0.1, -0.05) is 13.8 Å². The number of carbonyl (C=O) groups excluding carboxylic acids is 1. The average Bonchev–Trinajstić information content (AvgIpc) is 2.29. The number of halogens is 3. The highest BCUT2D eigenvalue weighted by Gasteiger charge is 2.30. The summed E-state index contributed by atoms with van der Waals surface area (Å²) in [5.41, 5.74) is 0.270. The number of nitrogens with one attached hydrogen (secondary N) is 1. The fraction of sp³-hybridized carbons (Fsp3) is 0.364. The molecule has 1 aromatic carbocycles. The summed E-state index contributed by atoms with van der Waals surface area (Å²) in [5, 5.41) is 2.35. The highest BCUT2D eigenvalue weighted by molar-refractivity contribution is 5.94. The van der Waals surface area contributed by atoms with Crippen LogP contribution in [0.5, 0.6) is 5.75 Å². The van der Waals surface area contributed by atoms with Crippen molar-refractivity contribution in [2.75, 3.05) is 7.05 Å². The molecular formula is C11H14F3NO2. The lowest BCUT2D eigenvalue weighted by atomic mass is 10.2. The Morgan fingerprint density at radius 2 is 1.65 bits per heavy atom. The summed E-state index contributed by atoms with van der Waals surface area (Å²) in [6, 6.07) is 4.66. The van der Waals surface area contributed by atoms with Gasteiger partial charge >= 0.3 is 6.36 Å². The van der Waals surface area contributed by atoms with Gasteiger partial charge in [-0.3, -0.25) is 4.79 Å². The predicted molar refractivity (Wildman–Crippen MR) is 57.9 cm³/mol. The smallest absolute Gasteiger partial charge is 0.406 e. The van der Waals surface area contributed by atoms with Crippen molar-refractivity contribution in [3.8, 4) is 5.75 Å². The third-order valence-corrected chi connectivity index (χ3v) is 1.58. The molecule has 0 atom stereocenters. The molecule has 0 aromatic heterocycles. The van der Waals surface area contributed by atoms with E-state index in [1.165, 1.54) is 19.2 Å². The SMILES string of the molecule is CC.CNC(=O)c1ccc(OC(F)(F)F)cc1. The van der Waals surface area contributed by atoms with Crippen molar-refractivity contribution in [3.05, 3.63) is 29.8 Å². The molecule has 0 radical (unpaired) electrons. The average molecular weight is 249 g/mol. The topological polar surface area (TPSA) is 38.3 Å². The van der Waals surface area contributed by atoms with Crippen LogP contribution >= 0.6 is 0 Å². The summed E-state index contributed by atoms with van der Waals surface area (Å²) in [5.74, 6) is -0.719. The molecule has 0 heterocycles. The lowest BCUT2D eigenvalue weighted by Gasteiger charge is -2.08. The first-order valence-electron chi connectivity index (χ1n) is 5.00. The van der Waals surface area contributed by atoms with Gasteiger partial charge in [-0.05, 0) is 24.3 Å². The van der Waals surface area contributed by atoms with Crippen molar-refractivity contribution in [1.29, 1.82) is 0 Å². The van der Waals surface area contributed by atoms with Crippen LogP contribution in [0, 0.1) is 0 Å².